The molecule has 354 valence electrons. The number of hydrogen-bond acceptors (Lipinski definition) is 6. The number of allylic oxidation sites excluding steroid dienone is 14. The van der Waals surface area contributed by atoms with Gasteiger partial charge in [0.2, 0.25) is 0 Å². The fourth-order valence-corrected chi connectivity index (χ4v) is 6.67. The van der Waals surface area contributed by atoms with E-state index in [1.807, 2.05) is 21.1 Å². The SMILES string of the molecule is CCCCC/C=C/C/C=C/C/C=C/C/C=C/C/C=C/CCCCC(=O)OC(COCCC(C(=O)O)[N+](C)(C)C)COC(=O)CCCCCCCCC/C=C/C/C=C/CCCCC. The third-order valence-corrected chi connectivity index (χ3v) is 10.5. The molecule has 0 radical (unpaired) electrons. The Balaban J connectivity index is 4.41. The summed E-state index contributed by atoms with van der Waals surface area (Å²) in [7, 11) is 5.51. The second-order valence-corrected chi connectivity index (χ2v) is 17.4. The summed E-state index contributed by atoms with van der Waals surface area (Å²) in [5.41, 5.74) is 0. The highest BCUT2D eigenvalue weighted by atomic mass is 16.6. The van der Waals surface area contributed by atoms with Crippen molar-refractivity contribution >= 4 is 17.9 Å². The molecule has 8 heteroatoms. The van der Waals surface area contributed by atoms with Gasteiger partial charge in [0.25, 0.3) is 0 Å². The van der Waals surface area contributed by atoms with Crippen molar-refractivity contribution in [3.05, 3.63) is 85.1 Å². The third kappa shape index (κ3) is 41.8. The molecule has 1 N–H and O–H groups in total. The fraction of sp³-hybridized carbons (Fsp3) is 0.685. The van der Waals surface area contributed by atoms with Crippen LogP contribution in [0.2, 0.25) is 0 Å². The lowest BCUT2D eigenvalue weighted by Crippen LogP contribution is -2.50. The Bertz CT molecular complexity index is 1290. The van der Waals surface area contributed by atoms with Gasteiger partial charge in [-0.25, -0.2) is 4.79 Å². The van der Waals surface area contributed by atoms with Gasteiger partial charge in [0, 0.05) is 19.3 Å². The van der Waals surface area contributed by atoms with E-state index in [4.69, 9.17) is 14.2 Å². The lowest BCUT2D eigenvalue weighted by Gasteiger charge is -2.31. The second-order valence-electron chi connectivity index (χ2n) is 17.4. The van der Waals surface area contributed by atoms with E-state index >= 15 is 0 Å². The molecule has 0 saturated heterocycles. The van der Waals surface area contributed by atoms with Crippen molar-refractivity contribution in [3.63, 3.8) is 0 Å². The third-order valence-electron chi connectivity index (χ3n) is 10.5. The van der Waals surface area contributed by atoms with Gasteiger partial charge in [0.1, 0.15) is 6.61 Å². The van der Waals surface area contributed by atoms with Crippen LogP contribution >= 0.6 is 0 Å². The first-order valence-corrected chi connectivity index (χ1v) is 24.6. The van der Waals surface area contributed by atoms with E-state index in [-0.39, 0.29) is 42.7 Å². The predicted octanol–water partition coefficient (Wildman–Crippen LogP) is 14.1. The molecule has 0 aromatic carbocycles. The maximum absolute atomic E-state index is 12.8. The number of nitrogens with zero attached hydrogens (tertiary/aromatic N) is 1. The Morgan fingerprint density at radius 1 is 0.484 bits per heavy atom. The molecule has 2 atom stereocenters. The van der Waals surface area contributed by atoms with Crippen molar-refractivity contribution in [2.24, 2.45) is 0 Å². The summed E-state index contributed by atoms with van der Waals surface area (Å²) in [5.74, 6) is -1.54. The molecule has 0 aromatic heterocycles. The van der Waals surface area contributed by atoms with E-state index < -0.39 is 18.1 Å². The van der Waals surface area contributed by atoms with Crippen LogP contribution in [0.4, 0.5) is 0 Å². The van der Waals surface area contributed by atoms with Crippen molar-refractivity contribution in [3.8, 4) is 0 Å². The van der Waals surface area contributed by atoms with Crippen LogP contribution in [0.3, 0.4) is 0 Å². The van der Waals surface area contributed by atoms with Crippen molar-refractivity contribution in [1.82, 2.24) is 0 Å². The normalized spacial score (nSPS) is 13.6. The van der Waals surface area contributed by atoms with E-state index in [0.29, 0.717) is 19.3 Å². The van der Waals surface area contributed by atoms with Gasteiger partial charge >= 0.3 is 17.9 Å². The maximum Gasteiger partial charge on any atom is 0.362 e. The zero-order chi connectivity index (χ0) is 45.6. The van der Waals surface area contributed by atoms with E-state index in [1.54, 1.807) is 0 Å². The summed E-state index contributed by atoms with van der Waals surface area (Å²) in [5, 5.41) is 9.64. The molecule has 0 heterocycles. The van der Waals surface area contributed by atoms with Gasteiger partial charge in [-0.15, -0.1) is 0 Å². The zero-order valence-electron chi connectivity index (χ0n) is 40.3. The molecule has 0 aliphatic carbocycles. The van der Waals surface area contributed by atoms with Gasteiger partial charge in [-0.05, 0) is 96.3 Å². The summed E-state index contributed by atoms with van der Waals surface area (Å²) in [4.78, 5) is 37.1. The molecule has 62 heavy (non-hydrogen) atoms. The van der Waals surface area contributed by atoms with Gasteiger partial charge in [-0.1, -0.05) is 157 Å². The minimum Gasteiger partial charge on any atom is -0.477 e. The average Bonchev–Trinajstić information content (AvgIpc) is 3.23. The summed E-state index contributed by atoms with van der Waals surface area (Å²) in [6.45, 7) is 4.62. The van der Waals surface area contributed by atoms with Crippen molar-refractivity contribution in [1.29, 1.82) is 0 Å². The van der Waals surface area contributed by atoms with Gasteiger partial charge in [-0.2, -0.15) is 0 Å². The summed E-state index contributed by atoms with van der Waals surface area (Å²) >= 11 is 0. The standard InChI is InChI=1S/C54H91NO7/c1-6-8-10-12-14-16-18-20-22-24-25-26-27-29-31-33-35-37-39-41-43-45-53(57)62-50(48-60-47-46-51(54(58)59)55(3,4)5)49-61-52(56)44-42-40-38-36-34-32-30-28-23-21-19-17-15-13-11-9-7-2/h14-17,20-23,25-26,29,31,35,37,50-51H,6-13,18-19,24,27-28,30,32-34,36,38-49H2,1-5H3/p+1/b16-14+,17-15+,22-20+,23-21+,26-25+,31-29+,37-35+. The molecule has 8 nitrogen and oxygen atoms in total. The highest BCUT2D eigenvalue weighted by Gasteiger charge is 2.31. The van der Waals surface area contributed by atoms with Crippen LogP contribution in [-0.2, 0) is 28.6 Å². The van der Waals surface area contributed by atoms with Gasteiger partial charge in [0.05, 0.1) is 34.4 Å². The van der Waals surface area contributed by atoms with Gasteiger partial charge in [-0.3, -0.25) is 9.59 Å². The molecule has 0 aliphatic heterocycles. The maximum atomic E-state index is 12.8. The molecule has 0 fully saturated rings. The Morgan fingerprint density at radius 2 is 0.855 bits per heavy atom. The molecule has 0 bridgehead atoms. The van der Waals surface area contributed by atoms with E-state index in [1.165, 1.54) is 77.0 Å². The molecule has 0 amide bonds. The van der Waals surface area contributed by atoms with Crippen LogP contribution in [0.1, 0.15) is 187 Å². The number of rotatable bonds is 43. The van der Waals surface area contributed by atoms with Crippen LogP contribution in [0, 0.1) is 0 Å². The average molecular weight is 867 g/mol. The summed E-state index contributed by atoms with van der Waals surface area (Å²) in [6, 6.07) is -0.629. The molecular weight excluding hydrogens is 775 g/mol. The number of esters is 2. The smallest absolute Gasteiger partial charge is 0.362 e. The molecule has 0 aromatic rings. The predicted molar refractivity (Wildman–Crippen MR) is 261 cm³/mol. The highest BCUT2D eigenvalue weighted by Crippen LogP contribution is 2.13. The quantitative estimate of drug-likeness (QED) is 0.0282. The van der Waals surface area contributed by atoms with Crippen LogP contribution < -0.4 is 0 Å². The van der Waals surface area contributed by atoms with E-state index in [0.717, 1.165) is 70.6 Å². The first-order valence-electron chi connectivity index (χ1n) is 24.6. The minimum atomic E-state index is -0.886. The van der Waals surface area contributed by atoms with Crippen molar-refractivity contribution < 1.29 is 38.2 Å². The zero-order valence-corrected chi connectivity index (χ0v) is 40.3. The fourth-order valence-electron chi connectivity index (χ4n) is 6.67. The highest BCUT2D eigenvalue weighted by molar-refractivity contribution is 5.72. The largest absolute Gasteiger partial charge is 0.477 e. The molecule has 2 unspecified atom stereocenters. The molecule has 0 saturated carbocycles. The van der Waals surface area contributed by atoms with Crippen LogP contribution in [0.25, 0.3) is 0 Å². The molecule has 0 rings (SSSR count). The monoisotopic (exact) mass is 867 g/mol. The Labute approximate surface area is 380 Å². The minimum absolute atomic E-state index is 0.0364. The molecular formula is C54H92NO7+. The van der Waals surface area contributed by atoms with Gasteiger partial charge in [0.15, 0.2) is 12.1 Å². The number of carboxylic acids is 1. The van der Waals surface area contributed by atoms with Crippen molar-refractivity contribution in [2.75, 3.05) is 41.0 Å². The number of likely N-dealkylation sites (N-methyl/N-ethyl adjacent to an activating group) is 1. The molecule has 0 spiro atoms. The number of carbonyl (C=O) groups excluding carboxylic acids is 2. The Hall–Kier alpha value is -3.49. The second kappa shape index (κ2) is 44.1. The summed E-state index contributed by atoms with van der Waals surface area (Å²) < 4.78 is 17.3. The van der Waals surface area contributed by atoms with Crippen LogP contribution in [-0.4, -0.2) is 80.6 Å². The first-order chi connectivity index (χ1) is 30.1. The number of hydrogen-bond donors (Lipinski definition) is 1. The number of aliphatic carboxylic acids is 1. The lowest BCUT2D eigenvalue weighted by atomic mass is 10.1. The summed E-state index contributed by atoms with van der Waals surface area (Å²) in [6.07, 6.45) is 57.7. The van der Waals surface area contributed by atoms with Crippen LogP contribution in [0.15, 0.2) is 85.1 Å². The number of unbranched alkanes of at least 4 members (excludes halogenated alkanes) is 15. The first kappa shape index (κ1) is 58.5. The molecule has 0 aliphatic rings. The number of carboxylic acid groups (broad SMARTS) is 1. The Morgan fingerprint density at radius 3 is 1.29 bits per heavy atom. The Kier molecular flexibility index (Phi) is 41.6. The van der Waals surface area contributed by atoms with E-state index in [9.17, 15) is 19.5 Å². The van der Waals surface area contributed by atoms with Crippen molar-refractivity contribution in [2.45, 2.75) is 199 Å². The number of ether oxygens (including phenoxy) is 3. The van der Waals surface area contributed by atoms with Gasteiger partial charge < -0.3 is 23.8 Å². The number of carbonyl (C=O) groups is 3. The lowest BCUT2D eigenvalue weighted by molar-refractivity contribution is -0.887. The number of quaternary nitrogens is 1. The van der Waals surface area contributed by atoms with Crippen LogP contribution in [0.5, 0.6) is 0 Å². The van der Waals surface area contributed by atoms with E-state index in [2.05, 4.69) is 98.9 Å². The topological polar surface area (TPSA) is 99.1 Å².